The molecule has 0 atom stereocenters. The van der Waals surface area contributed by atoms with E-state index in [9.17, 15) is 0 Å². The maximum Gasteiger partial charge on any atom is 0.0669 e. The molecule has 0 heterocycles. The molecule has 66 valence electrons. The average molecular weight is 171 g/mol. The summed E-state index contributed by atoms with van der Waals surface area (Å²) in [5, 5.41) is 8.51. The summed E-state index contributed by atoms with van der Waals surface area (Å²) in [4.78, 5) is 0. The molecule has 1 aromatic rings. The molecule has 0 bridgehead atoms. The van der Waals surface area contributed by atoms with E-state index < -0.39 is 0 Å². The van der Waals surface area contributed by atoms with Crippen molar-refractivity contribution in [2.24, 2.45) is 0 Å². The number of rotatable bonds is 2. The van der Waals surface area contributed by atoms with Crippen molar-refractivity contribution in [2.75, 3.05) is 0 Å². The SMILES string of the molecule is N#CCc1ccc(C2CCC2)cc1. The maximum atomic E-state index is 8.51. The minimum absolute atomic E-state index is 0.533. The van der Waals surface area contributed by atoms with Crippen LogP contribution in [0.5, 0.6) is 0 Å². The topological polar surface area (TPSA) is 23.8 Å². The molecule has 0 spiro atoms. The van der Waals surface area contributed by atoms with E-state index >= 15 is 0 Å². The van der Waals surface area contributed by atoms with Gasteiger partial charge in [-0.15, -0.1) is 0 Å². The van der Waals surface area contributed by atoms with Crippen molar-refractivity contribution in [1.29, 1.82) is 5.26 Å². The first kappa shape index (κ1) is 8.31. The Morgan fingerprint density at radius 1 is 1.23 bits per heavy atom. The number of hydrogen-bond donors (Lipinski definition) is 0. The smallest absolute Gasteiger partial charge is 0.0669 e. The van der Waals surface area contributed by atoms with Gasteiger partial charge in [-0.05, 0) is 29.9 Å². The predicted octanol–water partition coefficient (Wildman–Crippen LogP) is 3.02. The third-order valence-electron chi connectivity index (χ3n) is 2.84. The molecular weight excluding hydrogens is 158 g/mol. The van der Waals surface area contributed by atoms with E-state index in [1.165, 1.54) is 24.8 Å². The quantitative estimate of drug-likeness (QED) is 0.671. The van der Waals surface area contributed by atoms with Crippen molar-refractivity contribution in [3.05, 3.63) is 35.4 Å². The lowest BCUT2D eigenvalue weighted by Crippen LogP contribution is -2.08. The van der Waals surface area contributed by atoms with Crippen LogP contribution in [0.15, 0.2) is 24.3 Å². The Labute approximate surface area is 79.0 Å². The largest absolute Gasteiger partial charge is 0.198 e. The number of nitriles is 1. The molecule has 1 aliphatic carbocycles. The molecule has 2 rings (SSSR count). The van der Waals surface area contributed by atoms with Crippen LogP contribution in [-0.4, -0.2) is 0 Å². The van der Waals surface area contributed by atoms with Crippen molar-refractivity contribution >= 4 is 0 Å². The summed E-state index contributed by atoms with van der Waals surface area (Å²) >= 11 is 0. The van der Waals surface area contributed by atoms with Crippen LogP contribution in [0, 0.1) is 11.3 Å². The fourth-order valence-corrected chi connectivity index (χ4v) is 1.74. The minimum atomic E-state index is 0.533. The zero-order valence-electron chi connectivity index (χ0n) is 7.66. The molecule has 0 radical (unpaired) electrons. The first-order chi connectivity index (χ1) is 6.40. The normalized spacial score (nSPS) is 16.2. The van der Waals surface area contributed by atoms with Gasteiger partial charge in [0.05, 0.1) is 12.5 Å². The summed E-state index contributed by atoms with van der Waals surface area (Å²) in [5.74, 6) is 0.802. The second-order valence-corrected chi connectivity index (χ2v) is 3.70. The molecule has 13 heavy (non-hydrogen) atoms. The van der Waals surface area contributed by atoms with Gasteiger partial charge in [-0.1, -0.05) is 30.7 Å². The second-order valence-electron chi connectivity index (χ2n) is 3.70. The van der Waals surface area contributed by atoms with Gasteiger partial charge in [0.25, 0.3) is 0 Å². The van der Waals surface area contributed by atoms with Crippen molar-refractivity contribution in [2.45, 2.75) is 31.6 Å². The molecule has 1 fully saturated rings. The van der Waals surface area contributed by atoms with E-state index in [4.69, 9.17) is 5.26 Å². The molecule has 0 aromatic heterocycles. The standard InChI is InChI=1S/C12H13N/c13-9-8-10-4-6-12(7-5-10)11-2-1-3-11/h4-7,11H,1-3,8H2. The highest BCUT2D eigenvalue weighted by Gasteiger charge is 2.18. The van der Waals surface area contributed by atoms with Gasteiger partial charge >= 0.3 is 0 Å². The average Bonchev–Trinajstić information content (AvgIpc) is 2.06. The van der Waals surface area contributed by atoms with Crippen LogP contribution in [-0.2, 0) is 6.42 Å². The van der Waals surface area contributed by atoms with Gasteiger partial charge < -0.3 is 0 Å². The fourth-order valence-electron chi connectivity index (χ4n) is 1.74. The van der Waals surface area contributed by atoms with Crippen molar-refractivity contribution in [1.82, 2.24) is 0 Å². The highest BCUT2D eigenvalue weighted by molar-refractivity contribution is 5.27. The Morgan fingerprint density at radius 3 is 2.38 bits per heavy atom. The van der Waals surface area contributed by atoms with Crippen molar-refractivity contribution in [3.8, 4) is 6.07 Å². The van der Waals surface area contributed by atoms with Gasteiger partial charge in [0.1, 0.15) is 0 Å². The van der Waals surface area contributed by atoms with E-state index in [0.717, 1.165) is 11.5 Å². The zero-order valence-corrected chi connectivity index (χ0v) is 7.66. The van der Waals surface area contributed by atoms with Crippen LogP contribution in [0.4, 0.5) is 0 Å². The number of nitrogens with zero attached hydrogens (tertiary/aromatic N) is 1. The maximum absolute atomic E-state index is 8.51. The van der Waals surface area contributed by atoms with E-state index in [2.05, 4.69) is 30.3 Å². The Morgan fingerprint density at radius 2 is 1.92 bits per heavy atom. The lowest BCUT2D eigenvalue weighted by atomic mass is 9.80. The van der Waals surface area contributed by atoms with Gasteiger partial charge in [-0.3, -0.25) is 0 Å². The summed E-state index contributed by atoms with van der Waals surface area (Å²) < 4.78 is 0. The fraction of sp³-hybridized carbons (Fsp3) is 0.417. The molecule has 0 aliphatic heterocycles. The first-order valence-electron chi connectivity index (χ1n) is 4.86. The number of benzene rings is 1. The van der Waals surface area contributed by atoms with E-state index in [1.807, 2.05) is 0 Å². The van der Waals surface area contributed by atoms with Crippen LogP contribution in [0.2, 0.25) is 0 Å². The minimum Gasteiger partial charge on any atom is -0.198 e. The molecule has 1 nitrogen and oxygen atoms in total. The zero-order chi connectivity index (χ0) is 9.10. The Bertz CT molecular complexity index is 314. The predicted molar refractivity (Wildman–Crippen MR) is 52.4 cm³/mol. The van der Waals surface area contributed by atoms with Crippen LogP contribution < -0.4 is 0 Å². The molecule has 0 unspecified atom stereocenters. The second kappa shape index (κ2) is 3.62. The molecule has 0 saturated heterocycles. The van der Waals surface area contributed by atoms with Crippen LogP contribution >= 0.6 is 0 Å². The van der Waals surface area contributed by atoms with E-state index in [1.54, 1.807) is 0 Å². The van der Waals surface area contributed by atoms with Gasteiger partial charge in [0.2, 0.25) is 0 Å². The molecule has 1 aliphatic rings. The third-order valence-corrected chi connectivity index (χ3v) is 2.84. The van der Waals surface area contributed by atoms with Crippen LogP contribution in [0.25, 0.3) is 0 Å². The van der Waals surface area contributed by atoms with Gasteiger partial charge in [0.15, 0.2) is 0 Å². The van der Waals surface area contributed by atoms with Gasteiger partial charge in [-0.25, -0.2) is 0 Å². The lowest BCUT2D eigenvalue weighted by molar-refractivity contribution is 0.420. The molecule has 0 N–H and O–H groups in total. The molecule has 0 amide bonds. The molecule has 1 heteroatoms. The van der Waals surface area contributed by atoms with Crippen molar-refractivity contribution < 1.29 is 0 Å². The molecule has 1 aromatic carbocycles. The van der Waals surface area contributed by atoms with Gasteiger partial charge in [-0.2, -0.15) is 5.26 Å². The summed E-state index contributed by atoms with van der Waals surface area (Å²) in [6.45, 7) is 0. The van der Waals surface area contributed by atoms with Gasteiger partial charge in [0, 0.05) is 0 Å². The summed E-state index contributed by atoms with van der Waals surface area (Å²) in [5.41, 5.74) is 2.58. The summed E-state index contributed by atoms with van der Waals surface area (Å²) in [6.07, 6.45) is 4.60. The summed E-state index contributed by atoms with van der Waals surface area (Å²) in [6, 6.07) is 10.7. The van der Waals surface area contributed by atoms with Crippen molar-refractivity contribution in [3.63, 3.8) is 0 Å². The highest BCUT2D eigenvalue weighted by atomic mass is 14.2. The Kier molecular flexibility index (Phi) is 2.31. The third kappa shape index (κ3) is 1.72. The lowest BCUT2D eigenvalue weighted by Gasteiger charge is -2.25. The molecular formula is C12H13N. The Hall–Kier alpha value is -1.29. The van der Waals surface area contributed by atoms with Crippen LogP contribution in [0.1, 0.15) is 36.3 Å². The molecule has 1 saturated carbocycles. The van der Waals surface area contributed by atoms with E-state index in [-0.39, 0.29) is 0 Å². The first-order valence-corrected chi connectivity index (χ1v) is 4.86. The van der Waals surface area contributed by atoms with E-state index in [0.29, 0.717) is 6.42 Å². The monoisotopic (exact) mass is 171 g/mol. The number of hydrogen-bond acceptors (Lipinski definition) is 1. The summed E-state index contributed by atoms with van der Waals surface area (Å²) in [7, 11) is 0. The van der Waals surface area contributed by atoms with Crippen LogP contribution in [0.3, 0.4) is 0 Å². The highest BCUT2D eigenvalue weighted by Crippen LogP contribution is 2.36. The Balaban J connectivity index is 2.09.